The molecule has 1 aliphatic heterocycles. The molecule has 0 bridgehead atoms. The van der Waals surface area contributed by atoms with Crippen LogP contribution >= 0.6 is 0 Å². The van der Waals surface area contributed by atoms with Gasteiger partial charge in [-0.25, -0.2) is 0 Å². The van der Waals surface area contributed by atoms with Crippen LogP contribution in [0.2, 0.25) is 0 Å². The van der Waals surface area contributed by atoms with Crippen LogP contribution in [0.5, 0.6) is 0 Å². The number of benzene rings is 2. The van der Waals surface area contributed by atoms with Crippen molar-refractivity contribution in [1.29, 1.82) is 0 Å². The maximum absolute atomic E-state index is 12.4. The van der Waals surface area contributed by atoms with E-state index in [-0.39, 0.29) is 23.8 Å². The van der Waals surface area contributed by atoms with Crippen molar-refractivity contribution in [3.8, 4) is 0 Å². The van der Waals surface area contributed by atoms with Gasteiger partial charge in [-0.1, -0.05) is 31.2 Å². The second-order valence-corrected chi connectivity index (χ2v) is 6.28. The number of anilines is 2. The molecular weight excluding hydrogens is 332 g/mol. The summed E-state index contributed by atoms with van der Waals surface area (Å²) in [4.78, 5) is 37.1. The Labute approximate surface area is 151 Å². The minimum Gasteiger partial charge on any atom is -0.545 e. The lowest BCUT2D eigenvalue weighted by molar-refractivity contribution is -0.255. The number of hydrogen-bond acceptors (Lipinski definition) is 4. The molecule has 1 saturated heterocycles. The average molecular weight is 351 g/mol. The Balaban J connectivity index is 1.65. The second kappa shape index (κ2) is 7.39. The summed E-state index contributed by atoms with van der Waals surface area (Å²) >= 11 is 0. The molecule has 26 heavy (non-hydrogen) atoms. The van der Waals surface area contributed by atoms with Gasteiger partial charge in [0.05, 0.1) is 11.9 Å². The lowest BCUT2D eigenvalue weighted by Gasteiger charge is -2.17. The van der Waals surface area contributed by atoms with Gasteiger partial charge in [0.2, 0.25) is 11.8 Å². The molecular formula is C20H19N2O4-. The Morgan fingerprint density at radius 3 is 2.35 bits per heavy atom. The van der Waals surface area contributed by atoms with Gasteiger partial charge in [0, 0.05) is 24.3 Å². The quantitative estimate of drug-likeness (QED) is 0.886. The van der Waals surface area contributed by atoms with E-state index < -0.39 is 11.9 Å². The topological polar surface area (TPSA) is 89.5 Å². The molecule has 2 aromatic carbocycles. The zero-order chi connectivity index (χ0) is 18.7. The summed E-state index contributed by atoms with van der Waals surface area (Å²) in [7, 11) is 0. The molecule has 2 amide bonds. The summed E-state index contributed by atoms with van der Waals surface area (Å²) in [6.07, 6.45) is 1.08. The van der Waals surface area contributed by atoms with Crippen molar-refractivity contribution >= 4 is 29.2 Å². The van der Waals surface area contributed by atoms with Crippen LogP contribution in [0.4, 0.5) is 11.4 Å². The van der Waals surface area contributed by atoms with Crippen molar-refractivity contribution in [3.05, 3.63) is 59.7 Å². The molecule has 1 heterocycles. The van der Waals surface area contributed by atoms with Crippen molar-refractivity contribution in [2.45, 2.75) is 19.8 Å². The number of carbonyl (C=O) groups is 3. The fourth-order valence-electron chi connectivity index (χ4n) is 2.98. The average Bonchev–Trinajstić information content (AvgIpc) is 3.04. The van der Waals surface area contributed by atoms with Gasteiger partial charge < -0.3 is 20.1 Å². The highest BCUT2D eigenvalue weighted by Crippen LogP contribution is 2.26. The molecule has 0 aliphatic carbocycles. The number of carboxylic acids is 1. The Hall–Kier alpha value is -3.15. The van der Waals surface area contributed by atoms with Gasteiger partial charge in [0.15, 0.2) is 0 Å². The molecule has 6 heteroatoms. The molecule has 1 aliphatic rings. The van der Waals surface area contributed by atoms with Crippen LogP contribution in [0, 0.1) is 5.92 Å². The Kier molecular flexibility index (Phi) is 5.02. The van der Waals surface area contributed by atoms with Crippen LogP contribution in [0.15, 0.2) is 48.5 Å². The number of aromatic carboxylic acids is 1. The molecule has 0 radical (unpaired) electrons. The normalized spacial score (nSPS) is 16.6. The van der Waals surface area contributed by atoms with Crippen molar-refractivity contribution < 1.29 is 19.5 Å². The van der Waals surface area contributed by atoms with Crippen LogP contribution in [-0.2, 0) is 16.0 Å². The molecule has 1 N–H and O–H groups in total. The van der Waals surface area contributed by atoms with Crippen LogP contribution in [0.3, 0.4) is 0 Å². The number of hydrogen-bond donors (Lipinski definition) is 1. The molecule has 1 atom stereocenters. The van der Waals surface area contributed by atoms with Crippen LogP contribution in [0.1, 0.15) is 29.3 Å². The maximum atomic E-state index is 12.4. The zero-order valence-corrected chi connectivity index (χ0v) is 14.4. The summed E-state index contributed by atoms with van der Waals surface area (Å²) in [6, 6.07) is 13.5. The minimum absolute atomic E-state index is 0.0424. The monoisotopic (exact) mass is 351 g/mol. The number of aryl methyl sites for hydroxylation is 1. The van der Waals surface area contributed by atoms with E-state index in [1.54, 1.807) is 4.90 Å². The smallest absolute Gasteiger partial charge is 0.229 e. The van der Waals surface area contributed by atoms with E-state index >= 15 is 0 Å². The zero-order valence-electron chi connectivity index (χ0n) is 14.4. The first-order valence-electron chi connectivity index (χ1n) is 8.49. The molecule has 134 valence electrons. The Morgan fingerprint density at radius 1 is 1.12 bits per heavy atom. The van der Waals surface area contributed by atoms with Crippen molar-refractivity contribution in [1.82, 2.24) is 0 Å². The number of nitrogens with one attached hydrogen (secondary N) is 1. The molecule has 0 aromatic heterocycles. The summed E-state index contributed by atoms with van der Waals surface area (Å²) < 4.78 is 0. The molecule has 0 unspecified atom stereocenters. The maximum Gasteiger partial charge on any atom is 0.229 e. The third-order valence-corrected chi connectivity index (χ3v) is 4.54. The number of amides is 2. The van der Waals surface area contributed by atoms with Crippen LogP contribution in [0.25, 0.3) is 0 Å². The molecule has 6 nitrogen and oxygen atoms in total. The van der Waals surface area contributed by atoms with E-state index in [0.29, 0.717) is 12.2 Å². The molecule has 2 aromatic rings. The van der Waals surface area contributed by atoms with Crippen LogP contribution < -0.4 is 15.3 Å². The number of nitrogens with zero attached hydrogens (tertiary/aromatic N) is 1. The van der Waals surface area contributed by atoms with Gasteiger partial charge in [0.1, 0.15) is 0 Å². The lowest BCUT2D eigenvalue weighted by atomic mass is 10.1. The standard InChI is InChI=1S/C20H20N2O4/c1-2-13-3-9-17(10-4-13)22-12-15(11-18(22)23)19(24)21-16-7-5-14(6-8-16)20(25)26/h3-10,15H,2,11-12H2,1H3,(H,21,24)(H,25,26)/p-1/t15-/m1/s1. The molecule has 3 rings (SSSR count). The summed E-state index contributed by atoms with van der Waals surface area (Å²) in [5, 5.41) is 13.5. The van der Waals surface area contributed by atoms with E-state index in [2.05, 4.69) is 12.2 Å². The molecule has 0 saturated carbocycles. The van der Waals surface area contributed by atoms with E-state index in [0.717, 1.165) is 12.1 Å². The highest BCUT2D eigenvalue weighted by molar-refractivity contribution is 6.03. The first-order valence-corrected chi connectivity index (χ1v) is 8.49. The largest absolute Gasteiger partial charge is 0.545 e. The van der Waals surface area contributed by atoms with Gasteiger partial charge in [-0.05, 0) is 41.8 Å². The predicted molar refractivity (Wildman–Crippen MR) is 95.7 cm³/mol. The number of rotatable bonds is 5. The Bertz CT molecular complexity index is 828. The van der Waals surface area contributed by atoms with Crippen molar-refractivity contribution in [3.63, 3.8) is 0 Å². The van der Waals surface area contributed by atoms with Gasteiger partial charge in [-0.15, -0.1) is 0 Å². The highest BCUT2D eigenvalue weighted by atomic mass is 16.4. The first kappa shape index (κ1) is 17.7. The minimum atomic E-state index is -1.27. The molecule has 1 fully saturated rings. The van der Waals surface area contributed by atoms with Crippen molar-refractivity contribution in [2.75, 3.05) is 16.8 Å². The van der Waals surface area contributed by atoms with E-state index in [1.165, 1.54) is 29.8 Å². The fourth-order valence-corrected chi connectivity index (χ4v) is 2.98. The number of carbonyl (C=O) groups excluding carboxylic acids is 3. The van der Waals surface area contributed by atoms with Gasteiger partial charge in [-0.2, -0.15) is 0 Å². The predicted octanol–water partition coefficient (Wildman–Crippen LogP) is 1.60. The van der Waals surface area contributed by atoms with E-state index in [9.17, 15) is 19.5 Å². The SMILES string of the molecule is CCc1ccc(N2C[C@H](C(=O)Nc3ccc(C(=O)[O-])cc3)CC2=O)cc1. The first-order chi connectivity index (χ1) is 12.5. The highest BCUT2D eigenvalue weighted by Gasteiger charge is 2.35. The van der Waals surface area contributed by atoms with Gasteiger partial charge in [-0.3, -0.25) is 9.59 Å². The summed E-state index contributed by atoms with van der Waals surface area (Å²) in [6.45, 7) is 2.39. The van der Waals surface area contributed by atoms with Gasteiger partial charge >= 0.3 is 0 Å². The fraction of sp³-hybridized carbons (Fsp3) is 0.250. The summed E-state index contributed by atoms with van der Waals surface area (Å²) in [5.74, 6) is -2.06. The third kappa shape index (κ3) is 3.74. The number of carboxylic acid groups (broad SMARTS) is 1. The Morgan fingerprint density at radius 2 is 1.77 bits per heavy atom. The van der Waals surface area contributed by atoms with Crippen LogP contribution in [-0.4, -0.2) is 24.3 Å². The van der Waals surface area contributed by atoms with E-state index in [4.69, 9.17) is 0 Å². The second-order valence-electron chi connectivity index (χ2n) is 6.28. The summed E-state index contributed by atoms with van der Waals surface area (Å²) in [5.41, 5.74) is 2.51. The molecule has 0 spiro atoms. The van der Waals surface area contributed by atoms with E-state index in [1.807, 2.05) is 24.3 Å². The third-order valence-electron chi connectivity index (χ3n) is 4.54. The lowest BCUT2D eigenvalue weighted by Crippen LogP contribution is -2.28. The van der Waals surface area contributed by atoms with Crippen molar-refractivity contribution in [2.24, 2.45) is 5.92 Å². The van der Waals surface area contributed by atoms with Gasteiger partial charge in [0.25, 0.3) is 0 Å².